The summed E-state index contributed by atoms with van der Waals surface area (Å²) >= 11 is 0. The molecule has 0 spiro atoms. The van der Waals surface area contributed by atoms with Crippen molar-refractivity contribution < 1.29 is 42.3 Å². The van der Waals surface area contributed by atoms with Crippen LogP contribution >= 0.6 is 0 Å². The second-order valence-corrected chi connectivity index (χ2v) is 2.87. The van der Waals surface area contributed by atoms with Gasteiger partial charge >= 0.3 is 0 Å². The van der Waals surface area contributed by atoms with Crippen LogP contribution in [-0.2, 0) is 42.3 Å². The molecule has 0 saturated carbocycles. The zero-order valence-corrected chi connectivity index (χ0v) is 11.1. The standard InChI is InChI=1S/C8H15N2O2.Y/c1-6(2)7(9-3)8(12)10-4-5-11;/h6-7,9H,4H2,1-3H3,(H,10,12);/q-1;. The molecule has 1 unspecified atom stereocenters. The van der Waals surface area contributed by atoms with Gasteiger partial charge in [0.1, 0.15) is 0 Å². The predicted octanol–water partition coefficient (Wildman–Crippen LogP) is -0.546. The summed E-state index contributed by atoms with van der Waals surface area (Å²) < 4.78 is 0. The van der Waals surface area contributed by atoms with Gasteiger partial charge in [-0.05, 0) is 13.0 Å². The first kappa shape index (κ1) is 15.7. The summed E-state index contributed by atoms with van der Waals surface area (Å²) in [6, 6.07) is -0.238. The molecule has 0 heterocycles. The molecule has 5 heteroatoms. The summed E-state index contributed by atoms with van der Waals surface area (Å²) in [4.78, 5) is 21.1. The van der Waals surface area contributed by atoms with E-state index < -0.39 is 0 Å². The maximum absolute atomic E-state index is 11.2. The Labute approximate surface area is 104 Å². The Bertz CT molecular complexity index is 162. The van der Waals surface area contributed by atoms with Crippen molar-refractivity contribution in [3.05, 3.63) is 0 Å². The van der Waals surface area contributed by atoms with Gasteiger partial charge in [-0.2, -0.15) is 0 Å². The monoisotopic (exact) mass is 260 g/mol. The minimum Gasteiger partial charge on any atom is -0.540 e. The van der Waals surface area contributed by atoms with Gasteiger partial charge in [0.05, 0.1) is 6.04 Å². The Morgan fingerprint density at radius 3 is 2.31 bits per heavy atom. The van der Waals surface area contributed by atoms with E-state index in [0.29, 0.717) is 0 Å². The van der Waals surface area contributed by atoms with Gasteiger partial charge in [0.15, 0.2) is 0 Å². The molecule has 1 radical (unpaired) electrons. The van der Waals surface area contributed by atoms with Crippen molar-refractivity contribution >= 4 is 12.2 Å². The van der Waals surface area contributed by atoms with E-state index in [1.807, 2.05) is 13.8 Å². The van der Waals surface area contributed by atoms with E-state index in [0.717, 1.165) is 0 Å². The van der Waals surface area contributed by atoms with Crippen LogP contribution in [-0.4, -0.2) is 31.8 Å². The van der Waals surface area contributed by atoms with Crippen LogP contribution in [0.3, 0.4) is 0 Å². The van der Waals surface area contributed by atoms with Crippen LogP contribution in [0, 0.1) is 5.92 Å². The number of likely N-dealkylation sites (N-methyl/N-ethyl adjacent to an activating group) is 1. The quantitative estimate of drug-likeness (QED) is 0.652. The summed E-state index contributed by atoms with van der Waals surface area (Å²) in [5, 5.41) is 5.31. The maximum atomic E-state index is 11.2. The molecule has 0 aliphatic carbocycles. The Morgan fingerprint density at radius 1 is 1.46 bits per heavy atom. The molecule has 0 aromatic carbocycles. The second kappa shape index (κ2) is 8.79. The summed E-state index contributed by atoms with van der Waals surface area (Å²) in [5.74, 6) is 0.0532. The molecule has 0 aromatic rings. The van der Waals surface area contributed by atoms with Crippen molar-refractivity contribution in [3.8, 4) is 0 Å². The van der Waals surface area contributed by atoms with Crippen molar-refractivity contribution in [1.82, 2.24) is 10.6 Å². The molecular weight excluding hydrogens is 245 g/mol. The van der Waals surface area contributed by atoms with Crippen LogP contribution in [0.5, 0.6) is 0 Å². The summed E-state index contributed by atoms with van der Waals surface area (Å²) in [7, 11) is 1.72. The second-order valence-electron chi connectivity index (χ2n) is 2.87. The number of rotatable bonds is 5. The Hall–Kier alpha value is 0.204. The molecule has 4 nitrogen and oxygen atoms in total. The van der Waals surface area contributed by atoms with Gasteiger partial charge in [-0.25, -0.2) is 6.29 Å². The Morgan fingerprint density at radius 2 is 2.00 bits per heavy atom. The van der Waals surface area contributed by atoms with Crippen molar-refractivity contribution in [2.45, 2.75) is 19.9 Å². The number of nitrogens with one attached hydrogen (secondary N) is 2. The molecule has 0 aliphatic rings. The molecule has 1 atom stereocenters. The summed E-state index contributed by atoms with van der Waals surface area (Å²) in [6.07, 6.45) is 1.61. The zero-order chi connectivity index (χ0) is 9.56. The molecule has 13 heavy (non-hydrogen) atoms. The Balaban J connectivity index is 0. The molecule has 0 rings (SSSR count). The molecule has 0 aromatic heterocycles. The third-order valence-corrected chi connectivity index (χ3v) is 1.59. The largest absolute Gasteiger partial charge is 0.540 e. The van der Waals surface area contributed by atoms with E-state index in [1.165, 1.54) is 0 Å². The number of carbonyl (C=O) groups excluding carboxylic acids is 2. The van der Waals surface area contributed by atoms with Crippen LogP contribution in [0.2, 0.25) is 0 Å². The average Bonchev–Trinajstić information content (AvgIpc) is 2.01. The summed E-state index contributed by atoms with van der Waals surface area (Å²) in [6.45, 7) is 3.83. The first-order valence-electron chi connectivity index (χ1n) is 3.93. The van der Waals surface area contributed by atoms with Gasteiger partial charge < -0.3 is 15.4 Å². The predicted molar refractivity (Wildman–Crippen MR) is 46.4 cm³/mol. The molecule has 2 N–H and O–H groups in total. The third kappa shape index (κ3) is 6.30. The van der Waals surface area contributed by atoms with Crippen LogP contribution in [0.1, 0.15) is 13.8 Å². The van der Waals surface area contributed by atoms with Crippen molar-refractivity contribution in [2.24, 2.45) is 5.92 Å². The molecule has 0 aliphatic heterocycles. The fourth-order valence-corrected chi connectivity index (χ4v) is 1.00. The number of amides is 1. The van der Waals surface area contributed by atoms with E-state index in [1.54, 1.807) is 13.3 Å². The van der Waals surface area contributed by atoms with Crippen LogP contribution < -0.4 is 10.6 Å². The first-order chi connectivity index (χ1) is 5.63. The first-order valence-corrected chi connectivity index (χ1v) is 3.93. The number of hydrogen-bond acceptors (Lipinski definition) is 3. The van der Waals surface area contributed by atoms with Gasteiger partial charge in [0.25, 0.3) is 0 Å². The fourth-order valence-electron chi connectivity index (χ4n) is 1.00. The molecule has 0 fully saturated rings. The van der Waals surface area contributed by atoms with E-state index in [9.17, 15) is 9.59 Å². The van der Waals surface area contributed by atoms with Crippen molar-refractivity contribution in [3.63, 3.8) is 0 Å². The van der Waals surface area contributed by atoms with Crippen LogP contribution in [0.25, 0.3) is 0 Å². The zero-order valence-electron chi connectivity index (χ0n) is 8.26. The minimum atomic E-state index is -0.238. The SMILES string of the molecule is CNC(C(=O)NC[C-]=O)C(C)C.[Y]. The topological polar surface area (TPSA) is 58.2 Å². The molecular formula is C8H15N2O2Y-. The van der Waals surface area contributed by atoms with Crippen LogP contribution in [0.4, 0.5) is 0 Å². The van der Waals surface area contributed by atoms with Gasteiger partial charge in [0, 0.05) is 32.7 Å². The van der Waals surface area contributed by atoms with Crippen LogP contribution in [0.15, 0.2) is 0 Å². The molecule has 0 saturated heterocycles. The average molecular weight is 260 g/mol. The summed E-state index contributed by atoms with van der Waals surface area (Å²) in [5.41, 5.74) is 0. The molecule has 73 valence electrons. The fraction of sp³-hybridized carbons (Fsp3) is 0.750. The van der Waals surface area contributed by atoms with E-state index in [4.69, 9.17) is 0 Å². The van der Waals surface area contributed by atoms with E-state index in [2.05, 4.69) is 10.6 Å². The van der Waals surface area contributed by atoms with Gasteiger partial charge in [0.2, 0.25) is 5.91 Å². The molecule has 1 amide bonds. The smallest absolute Gasteiger partial charge is 0.235 e. The van der Waals surface area contributed by atoms with Gasteiger partial charge in [-0.3, -0.25) is 4.79 Å². The normalized spacial score (nSPS) is 11.7. The third-order valence-electron chi connectivity index (χ3n) is 1.59. The number of carbonyl (C=O) groups is 1. The minimum absolute atomic E-state index is 0. The van der Waals surface area contributed by atoms with E-state index >= 15 is 0 Å². The maximum Gasteiger partial charge on any atom is 0.235 e. The van der Waals surface area contributed by atoms with Gasteiger partial charge in [-0.15, -0.1) is 0 Å². The van der Waals surface area contributed by atoms with Crippen molar-refractivity contribution in [1.29, 1.82) is 0 Å². The van der Waals surface area contributed by atoms with Crippen molar-refractivity contribution in [2.75, 3.05) is 13.6 Å². The van der Waals surface area contributed by atoms with E-state index in [-0.39, 0.29) is 57.1 Å². The van der Waals surface area contributed by atoms with Gasteiger partial charge in [-0.1, -0.05) is 20.4 Å². The number of hydrogen-bond donors (Lipinski definition) is 2. The molecule has 0 bridgehead atoms. The Kier molecular flexibility index (Phi) is 10.6.